The van der Waals surface area contributed by atoms with Gasteiger partial charge in [0.2, 0.25) is 0 Å². The molecule has 0 heterocycles. The van der Waals surface area contributed by atoms with Crippen molar-refractivity contribution in [3.05, 3.63) is 48.0 Å². The molecule has 1 aliphatic rings. The van der Waals surface area contributed by atoms with Crippen LogP contribution >= 0.6 is 0 Å². The standard InChI is InChI=1S/C20H24FNO/c1-4-22-19-12-8-11-18(13-19)15(2)20(21)16(3)23-14-17-9-6-5-7-10-17/h1,8,11-13,17,22H,3,5-7,9-10,14H2,2H3/b20-15-. The van der Waals surface area contributed by atoms with E-state index in [0.29, 0.717) is 18.1 Å². The first kappa shape index (κ1) is 17.1. The summed E-state index contributed by atoms with van der Waals surface area (Å²) in [4.78, 5) is 0. The van der Waals surface area contributed by atoms with Crippen molar-refractivity contribution in [1.29, 1.82) is 0 Å². The monoisotopic (exact) mass is 313 g/mol. The Kier molecular flexibility index (Phi) is 6.29. The van der Waals surface area contributed by atoms with Gasteiger partial charge in [0.05, 0.1) is 6.61 Å². The Bertz CT molecular complexity index is 621. The fourth-order valence-corrected chi connectivity index (χ4v) is 2.89. The highest BCUT2D eigenvalue weighted by atomic mass is 19.1. The minimum atomic E-state index is -0.404. The summed E-state index contributed by atoms with van der Waals surface area (Å²) < 4.78 is 20.1. The number of hydrogen-bond donors (Lipinski definition) is 1. The minimum Gasteiger partial charge on any atom is -0.491 e. The number of benzene rings is 1. The van der Waals surface area contributed by atoms with Gasteiger partial charge in [-0.15, -0.1) is 0 Å². The van der Waals surface area contributed by atoms with Gasteiger partial charge in [-0.25, -0.2) is 4.39 Å². The fourth-order valence-electron chi connectivity index (χ4n) is 2.89. The van der Waals surface area contributed by atoms with Crippen LogP contribution in [0.2, 0.25) is 0 Å². The van der Waals surface area contributed by atoms with E-state index in [4.69, 9.17) is 11.2 Å². The van der Waals surface area contributed by atoms with Gasteiger partial charge in [0.25, 0.3) is 0 Å². The van der Waals surface area contributed by atoms with Gasteiger partial charge in [-0.3, -0.25) is 0 Å². The summed E-state index contributed by atoms with van der Waals surface area (Å²) >= 11 is 0. The van der Waals surface area contributed by atoms with Crippen LogP contribution in [0.1, 0.15) is 44.6 Å². The molecule has 23 heavy (non-hydrogen) atoms. The molecule has 0 unspecified atom stereocenters. The third-order valence-electron chi connectivity index (χ3n) is 4.30. The summed E-state index contributed by atoms with van der Waals surface area (Å²) in [5, 5.41) is 2.77. The van der Waals surface area contributed by atoms with Gasteiger partial charge in [0.1, 0.15) is 5.76 Å². The number of rotatable bonds is 6. The van der Waals surface area contributed by atoms with E-state index in [0.717, 1.165) is 24.1 Å². The van der Waals surface area contributed by atoms with Crippen molar-refractivity contribution in [2.75, 3.05) is 11.9 Å². The first-order valence-electron chi connectivity index (χ1n) is 8.12. The van der Waals surface area contributed by atoms with Crippen LogP contribution in [0.5, 0.6) is 0 Å². The Labute approximate surface area is 138 Å². The molecule has 1 saturated carbocycles. The molecule has 0 atom stereocenters. The van der Waals surface area contributed by atoms with Gasteiger partial charge < -0.3 is 10.1 Å². The highest BCUT2D eigenvalue weighted by molar-refractivity contribution is 5.71. The second kappa shape index (κ2) is 8.43. The average molecular weight is 313 g/mol. The Hall–Kier alpha value is -2.21. The third kappa shape index (κ3) is 4.89. The zero-order valence-electron chi connectivity index (χ0n) is 13.7. The summed E-state index contributed by atoms with van der Waals surface area (Å²) in [6.07, 6.45) is 11.3. The van der Waals surface area contributed by atoms with Crippen molar-refractivity contribution in [2.24, 2.45) is 5.92 Å². The Balaban J connectivity index is 2.02. The number of ether oxygens (including phenoxy) is 1. The molecule has 1 aromatic rings. The van der Waals surface area contributed by atoms with Crippen molar-refractivity contribution in [3.8, 4) is 12.5 Å². The van der Waals surface area contributed by atoms with Crippen LogP contribution in [0.15, 0.2) is 42.4 Å². The molecule has 3 heteroatoms. The Morgan fingerprint density at radius 2 is 2.13 bits per heavy atom. The van der Waals surface area contributed by atoms with Crippen LogP contribution in [-0.2, 0) is 4.74 Å². The number of hydrogen-bond acceptors (Lipinski definition) is 2. The van der Waals surface area contributed by atoms with Gasteiger partial charge in [-0.05, 0) is 49.0 Å². The minimum absolute atomic E-state index is 0.114. The topological polar surface area (TPSA) is 21.3 Å². The molecule has 0 bridgehead atoms. The van der Waals surface area contributed by atoms with Crippen molar-refractivity contribution >= 4 is 11.3 Å². The maximum atomic E-state index is 14.5. The molecule has 0 spiro atoms. The molecule has 1 aromatic carbocycles. The maximum absolute atomic E-state index is 14.5. The number of terminal acetylenes is 1. The largest absolute Gasteiger partial charge is 0.491 e. The number of nitrogens with one attached hydrogen (secondary N) is 1. The zero-order chi connectivity index (χ0) is 16.7. The zero-order valence-corrected chi connectivity index (χ0v) is 13.7. The molecule has 2 rings (SSSR count). The first-order valence-corrected chi connectivity index (χ1v) is 8.12. The van der Waals surface area contributed by atoms with Crippen LogP contribution in [0.3, 0.4) is 0 Å². The molecular formula is C20H24FNO. The second-order valence-corrected chi connectivity index (χ2v) is 6.03. The van der Waals surface area contributed by atoms with E-state index >= 15 is 0 Å². The quantitative estimate of drug-likeness (QED) is 0.324. The molecule has 0 amide bonds. The third-order valence-corrected chi connectivity index (χ3v) is 4.30. The number of allylic oxidation sites excluding steroid dienone is 2. The van der Waals surface area contributed by atoms with E-state index in [-0.39, 0.29) is 5.76 Å². The molecule has 1 aliphatic carbocycles. The van der Waals surface area contributed by atoms with E-state index in [1.54, 1.807) is 6.92 Å². The second-order valence-electron chi connectivity index (χ2n) is 6.03. The molecule has 122 valence electrons. The van der Waals surface area contributed by atoms with E-state index in [9.17, 15) is 4.39 Å². The van der Waals surface area contributed by atoms with E-state index in [1.165, 1.54) is 19.3 Å². The van der Waals surface area contributed by atoms with E-state index in [2.05, 4.69) is 17.9 Å². The predicted molar refractivity (Wildman–Crippen MR) is 94.3 cm³/mol. The van der Waals surface area contributed by atoms with Gasteiger partial charge in [0, 0.05) is 11.7 Å². The Morgan fingerprint density at radius 3 is 2.83 bits per heavy atom. The van der Waals surface area contributed by atoms with Crippen LogP contribution in [0, 0.1) is 18.4 Å². The van der Waals surface area contributed by atoms with E-state index < -0.39 is 5.83 Å². The van der Waals surface area contributed by atoms with Crippen molar-refractivity contribution in [2.45, 2.75) is 39.0 Å². The summed E-state index contributed by atoms with van der Waals surface area (Å²) in [5.41, 5.74) is 2.01. The highest BCUT2D eigenvalue weighted by Gasteiger charge is 2.16. The molecule has 0 aliphatic heterocycles. The van der Waals surface area contributed by atoms with Crippen LogP contribution in [0.25, 0.3) is 5.57 Å². The summed E-state index contributed by atoms with van der Waals surface area (Å²) in [6, 6.07) is 9.67. The summed E-state index contributed by atoms with van der Waals surface area (Å²) in [5.74, 6) is 0.235. The molecule has 2 nitrogen and oxygen atoms in total. The van der Waals surface area contributed by atoms with Gasteiger partial charge in [-0.2, -0.15) is 0 Å². The molecule has 1 N–H and O–H groups in total. The van der Waals surface area contributed by atoms with Gasteiger partial charge >= 0.3 is 0 Å². The van der Waals surface area contributed by atoms with Crippen LogP contribution in [0.4, 0.5) is 10.1 Å². The van der Waals surface area contributed by atoms with Gasteiger partial charge in [-0.1, -0.05) is 44.4 Å². The SMILES string of the molecule is C#CNc1cccc(/C(C)=C(\F)C(=C)OCC2CCCCC2)c1. The van der Waals surface area contributed by atoms with Gasteiger partial charge in [0.15, 0.2) is 5.83 Å². The van der Waals surface area contributed by atoms with Crippen molar-refractivity contribution in [1.82, 2.24) is 0 Å². The molecule has 0 aromatic heterocycles. The van der Waals surface area contributed by atoms with E-state index in [1.807, 2.05) is 24.3 Å². The van der Waals surface area contributed by atoms with Crippen molar-refractivity contribution in [3.63, 3.8) is 0 Å². The van der Waals surface area contributed by atoms with Crippen LogP contribution in [-0.4, -0.2) is 6.61 Å². The molecule has 0 radical (unpaired) electrons. The van der Waals surface area contributed by atoms with Crippen LogP contribution < -0.4 is 5.32 Å². The number of anilines is 1. The van der Waals surface area contributed by atoms with Crippen molar-refractivity contribution < 1.29 is 9.13 Å². The predicted octanol–water partition coefficient (Wildman–Crippen LogP) is 5.50. The smallest absolute Gasteiger partial charge is 0.167 e. The Morgan fingerprint density at radius 1 is 1.39 bits per heavy atom. The average Bonchev–Trinajstić information content (AvgIpc) is 2.60. The molecule has 1 fully saturated rings. The normalized spacial score (nSPS) is 16.2. The summed E-state index contributed by atoms with van der Waals surface area (Å²) in [7, 11) is 0. The lowest BCUT2D eigenvalue weighted by Crippen LogP contribution is -2.13. The number of halogens is 1. The summed E-state index contributed by atoms with van der Waals surface area (Å²) in [6.45, 7) is 6.02. The lowest BCUT2D eigenvalue weighted by atomic mass is 9.90. The highest BCUT2D eigenvalue weighted by Crippen LogP contribution is 2.28. The fraction of sp³-hybridized carbons (Fsp3) is 0.400. The first-order chi connectivity index (χ1) is 11.1. The molecule has 0 saturated heterocycles. The lowest BCUT2D eigenvalue weighted by molar-refractivity contribution is 0.142. The lowest BCUT2D eigenvalue weighted by Gasteiger charge is -2.22. The maximum Gasteiger partial charge on any atom is 0.167 e. The molecular weight excluding hydrogens is 289 g/mol.